The summed E-state index contributed by atoms with van der Waals surface area (Å²) < 4.78 is 5.02. The molecule has 0 radical (unpaired) electrons. The summed E-state index contributed by atoms with van der Waals surface area (Å²) in [5.41, 5.74) is -2.83. The summed E-state index contributed by atoms with van der Waals surface area (Å²) in [6.45, 7) is -0.584. The maximum atomic E-state index is 9.54. The average Bonchev–Trinajstić information content (AvgIpc) is 2.29. The molecule has 8 nitrogen and oxygen atoms in total. The lowest BCUT2D eigenvalue weighted by Gasteiger charge is -2.40. The van der Waals surface area contributed by atoms with Crippen molar-refractivity contribution in [3.8, 4) is 0 Å². The van der Waals surface area contributed by atoms with Crippen LogP contribution in [0.1, 0.15) is 0 Å². The van der Waals surface area contributed by atoms with Crippen molar-refractivity contribution >= 4 is 11.8 Å². The molecule has 1 aliphatic rings. The lowest BCUT2D eigenvalue weighted by atomic mass is 10.0. The first-order valence-electron chi connectivity index (χ1n) is 4.88. The van der Waals surface area contributed by atoms with E-state index in [1.165, 1.54) is 0 Å². The van der Waals surface area contributed by atoms with Crippen LogP contribution in [0.3, 0.4) is 0 Å². The van der Waals surface area contributed by atoms with Gasteiger partial charge in [-0.2, -0.15) is 0 Å². The molecule has 1 rings (SSSR count). The van der Waals surface area contributed by atoms with Gasteiger partial charge in [-0.05, 0) is 0 Å². The summed E-state index contributed by atoms with van der Waals surface area (Å²) in [5, 5.41) is 63.8. The van der Waals surface area contributed by atoms with Gasteiger partial charge in [-0.1, -0.05) is 11.8 Å². The summed E-state index contributed by atoms with van der Waals surface area (Å²) in [6.07, 6.45) is -7.68. The van der Waals surface area contributed by atoms with E-state index in [9.17, 15) is 20.4 Å². The molecule has 0 aromatic carbocycles. The first-order chi connectivity index (χ1) is 7.88. The van der Waals surface area contributed by atoms with E-state index in [-0.39, 0.29) is 0 Å². The van der Waals surface area contributed by atoms with Crippen molar-refractivity contribution in [3.63, 3.8) is 0 Å². The van der Waals surface area contributed by atoms with E-state index in [1.807, 2.05) is 0 Å². The van der Waals surface area contributed by atoms with Gasteiger partial charge in [0.2, 0.25) is 0 Å². The summed E-state index contributed by atoms with van der Waals surface area (Å²) in [5.74, 6) is 0. The Morgan fingerprint density at radius 1 is 1.00 bits per heavy atom. The van der Waals surface area contributed by atoms with Gasteiger partial charge in [-0.3, -0.25) is 0 Å². The van der Waals surface area contributed by atoms with E-state index in [2.05, 4.69) is 0 Å². The molecule has 6 atom stereocenters. The lowest BCUT2D eigenvalue weighted by molar-refractivity contribution is -0.206. The summed E-state index contributed by atoms with van der Waals surface area (Å²) in [6, 6.07) is 0. The highest BCUT2D eigenvalue weighted by Crippen LogP contribution is 2.30. The molecule has 9 heteroatoms. The Bertz CT molecular complexity index is 236. The van der Waals surface area contributed by atoms with Gasteiger partial charge >= 0.3 is 0 Å². The minimum atomic E-state index is -2.03. The van der Waals surface area contributed by atoms with Crippen molar-refractivity contribution in [2.75, 3.05) is 6.61 Å². The molecule has 7 N–H and O–H groups in total. The van der Waals surface area contributed by atoms with Crippen molar-refractivity contribution in [1.82, 2.24) is 0 Å². The average molecular weight is 272 g/mol. The predicted octanol–water partition coefficient (Wildman–Crippen LogP) is -3.85. The summed E-state index contributed by atoms with van der Waals surface area (Å²) >= 11 is 0.463. The van der Waals surface area contributed by atoms with Gasteiger partial charge in [0.1, 0.15) is 29.9 Å². The highest BCUT2D eigenvalue weighted by Gasteiger charge is 2.44. The van der Waals surface area contributed by atoms with Crippen molar-refractivity contribution in [2.24, 2.45) is 0 Å². The second-order valence-electron chi connectivity index (χ2n) is 3.64. The van der Waals surface area contributed by atoms with Gasteiger partial charge in [0, 0.05) is 0 Å². The highest BCUT2D eigenvalue weighted by molar-refractivity contribution is 8.00. The molecule has 0 saturated carbocycles. The van der Waals surface area contributed by atoms with Crippen molar-refractivity contribution in [3.05, 3.63) is 0 Å². The van der Waals surface area contributed by atoms with Crippen LogP contribution in [0.15, 0.2) is 0 Å². The van der Waals surface area contributed by atoms with Crippen LogP contribution in [0.5, 0.6) is 0 Å². The molecule has 0 aromatic heterocycles. The minimum absolute atomic E-state index is 0.463. The van der Waals surface area contributed by atoms with Crippen LogP contribution in [0, 0.1) is 0 Å². The summed E-state index contributed by atoms with van der Waals surface area (Å²) in [4.78, 5) is 0. The lowest BCUT2D eigenvalue weighted by Crippen LogP contribution is -2.58. The molecule has 0 bridgehead atoms. The highest BCUT2D eigenvalue weighted by atomic mass is 32.2. The molecule has 1 fully saturated rings. The molecule has 0 aromatic rings. The number of hydrogen-bond acceptors (Lipinski definition) is 9. The molecule has 1 saturated heterocycles. The number of ether oxygens (including phenoxy) is 1. The van der Waals surface area contributed by atoms with Crippen LogP contribution in [0.2, 0.25) is 0 Å². The third-order valence-electron chi connectivity index (χ3n) is 2.38. The third kappa shape index (κ3) is 3.50. The first-order valence-corrected chi connectivity index (χ1v) is 5.83. The zero-order valence-corrected chi connectivity index (χ0v) is 9.51. The Morgan fingerprint density at radius 3 is 2.06 bits per heavy atom. The fourth-order valence-corrected chi connectivity index (χ4v) is 2.33. The zero-order valence-electron chi connectivity index (χ0n) is 8.70. The van der Waals surface area contributed by atoms with E-state index in [0.717, 1.165) is 0 Å². The Hall–Kier alpha value is 0.0300. The number of thioether (sulfide) groups is 1. The van der Waals surface area contributed by atoms with Crippen molar-refractivity contribution in [2.45, 2.75) is 41.6 Å². The van der Waals surface area contributed by atoms with Crippen LogP contribution in [0.4, 0.5) is 0 Å². The van der Waals surface area contributed by atoms with Crippen LogP contribution in [-0.2, 0) is 4.74 Å². The number of hydrogen-bond donors (Lipinski definition) is 7. The molecule has 17 heavy (non-hydrogen) atoms. The van der Waals surface area contributed by atoms with E-state index >= 15 is 0 Å². The molecule has 1 aliphatic heterocycles. The summed E-state index contributed by atoms with van der Waals surface area (Å²) in [7, 11) is 0. The molecule has 0 amide bonds. The van der Waals surface area contributed by atoms with E-state index in [1.54, 1.807) is 0 Å². The Morgan fingerprint density at radius 2 is 1.59 bits per heavy atom. The quantitative estimate of drug-likeness (QED) is 0.255. The SMILES string of the molecule is OCC1O[C@@H](SC(O)C(O)O)C(O)C(O)C1O. The molecule has 1 heterocycles. The molecular formula is C8H16O8S. The van der Waals surface area contributed by atoms with Gasteiger partial charge in [0.15, 0.2) is 11.7 Å². The van der Waals surface area contributed by atoms with E-state index in [0.29, 0.717) is 11.8 Å². The Kier molecular flexibility index (Phi) is 5.57. The topological polar surface area (TPSA) is 151 Å². The molecule has 0 aliphatic carbocycles. The van der Waals surface area contributed by atoms with Gasteiger partial charge in [0.25, 0.3) is 0 Å². The fraction of sp³-hybridized carbons (Fsp3) is 1.00. The Balaban J connectivity index is 2.65. The predicted molar refractivity (Wildman–Crippen MR) is 55.6 cm³/mol. The molecule has 5 unspecified atom stereocenters. The monoisotopic (exact) mass is 272 g/mol. The minimum Gasteiger partial charge on any atom is -0.394 e. The van der Waals surface area contributed by atoms with Crippen LogP contribution in [0.25, 0.3) is 0 Å². The van der Waals surface area contributed by atoms with Crippen LogP contribution < -0.4 is 0 Å². The van der Waals surface area contributed by atoms with Gasteiger partial charge < -0.3 is 40.5 Å². The first kappa shape index (κ1) is 15.1. The van der Waals surface area contributed by atoms with E-state index in [4.69, 9.17) is 20.1 Å². The maximum absolute atomic E-state index is 9.54. The Labute approximate surface area is 101 Å². The van der Waals surface area contributed by atoms with Gasteiger partial charge in [0.05, 0.1) is 6.61 Å². The van der Waals surface area contributed by atoms with Crippen molar-refractivity contribution in [1.29, 1.82) is 0 Å². The molecule has 0 spiro atoms. The van der Waals surface area contributed by atoms with Gasteiger partial charge in [-0.15, -0.1) is 0 Å². The normalized spacial score (nSPS) is 40.6. The van der Waals surface area contributed by atoms with Gasteiger partial charge in [-0.25, -0.2) is 0 Å². The second-order valence-corrected chi connectivity index (χ2v) is 4.86. The zero-order chi connectivity index (χ0) is 13.2. The maximum Gasteiger partial charge on any atom is 0.188 e. The number of aliphatic hydroxyl groups is 7. The largest absolute Gasteiger partial charge is 0.394 e. The fourth-order valence-electron chi connectivity index (χ4n) is 1.39. The number of rotatable bonds is 4. The van der Waals surface area contributed by atoms with Crippen LogP contribution in [-0.4, -0.2) is 83.9 Å². The third-order valence-corrected chi connectivity index (χ3v) is 3.56. The second kappa shape index (κ2) is 6.27. The number of aliphatic hydroxyl groups excluding tert-OH is 6. The smallest absolute Gasteiger partial charge is 0.188 e. The molecule has 102 valence electrons. The molecular weight excluding hydrogens is 256 g/mol. The standard InChI is InChI=1S/C8H16O8S/c9-1-2-3(10)4(11)5(12)8(16-2)17-7(15)6(13)14/h2-15H,1H2/t2?,3?,4?,5?,7?,8-/m0/s1. The van der Waals surface area contributed by atoms with Crippen LogP contribution >= 0.6 is 11.8 Å². The van der Waals surface area contributed by atoms with E-state index < -0.39 is 48.2 Å². The van der Waals surface area contributed by atoms with Crippen molar-refractivity contribution < 1.29 is 40.5 Å².